The molecule has 0 saturated carbocycles. The first kappa shape index (κ1) is 15.8. The fourth-order valence-corrected chi connectivity index (χ4v) is 1.76. The average molecular weight is 279 g/mol. The number of amides is 1. The number of nitrogens with one attached hydrogen (secondary N) is 1. The monoisotopic (exact) mass is 279 g/mol. The number of carbonyl (C=O) groups is 2. The predicted molar refractivity (Wildman–Crippen MR) is 78.6 cm³/mol. The number of nitrogens with zero attached hydrogens (tertiary/aromatic N) is 1. The minimum atomic E-state index is -0.504. The van der Waals surface area contributed by atoms with Crippen LogP contribution < -0.4 is 11.1 Å². The number of carbonyl (C=O) groups excluding carboxylic acids is 2. The number of esters is 1. The van der Waals surface area contributed by atoms with Crippen LogP contribution in [0.2, 0.25) is 0 Å². The Hall–Kier alpha value is -2.24. The van der Waals surface area contributed by atoms with Gasteiger partial charge in [0.2, 0.25) is 5.91 Å². The van der Waals surface area contributed by atoms with Gasteiger partial charge in [0.1, 0.15) is 6.04 Å². The van der Waals surface area contributed by atoms with E-state index in [2.05, 4.69) is 10.1 Å². The highest BCUT2D eigenvalue weighted by molar-refractivity contribution is 5.98. The van der Waals surface area contributed by atoms with Crippen LogP contribution in [-0.4, -0.2) is 43.5 Å². The molecule has 6 nitrogen and oxygen atoms in total. The van der Waals surface area contributed by atoms with Crippen molar-refractivity contribution in [2.24, 2.45) is 0 Å². The van der Waals surface area contributed by atoms with Crippen LogP contribution in [-0.2, 0) is 9.53 Å². The van der Waals surface area contributed by atoms with Crippen LogP contribution in [0.4, 0.5) is 11.4 Å². The number of anilines is 2. The minimum Gasteiger partial charge on any atom is -0.465 e. The lowest BCUT2D eigenvalue weighted by molar-refractivity contribution is -0.130. The Morgan fingerprint density at radius 2 is 2.10 bits per heavy atom. The maximum atomic E-state index is 12.0. The van der Waals surface area contributed by atoms with Gasteiger partial charge in [-0.3, -0.25) is 4.79 Å². The van der Waals surface area contributed by atoms with Gasteiger partial charge in [-0.1, -0.05) is 6.07 Å². The number of nitrogens with two attached hydrogens (primary N) is 1. The predicted octanol–water partition coefficient (Wildman–Crippen LogP) is 1.33. The molecule has 0 spiro atoms. The van der Waals surface area contributed by atoms with Gasteiger partial charge < -0.3 is 20.7 Å². The molecule has 1 unspecified atom stereocenters. The number of likely N-dealkylation sites (N-methyl/N-ethyl adjacent to an activating group) is 1. The lowest BCUT2D eigenvalue weighted by atomic mass is 10.1. The van der Waals surface area contributed by atoms with E-state index in [1.54, 1.807) is 37.1 Å². The number of para-hydroxylation sites is 1. The van der Waals surface area contributed by atoms with Crippen LogP contribution in [0.1, 0.15) is 24.2 Å². The van der Waals surface area contributed by atoms with E-state index >= 15 is 0 Å². The molecule has 1 amide bonds. The summed E-state index contributed by atoms with van der Waals surface area (Å²) < 4.78 is 4.66. The van der Waals surface area contributed by atoms with Gasteiger partial charge in [0, 0.05) is 13.6 Å². The second-order valence-electron chi connectivity index (χ2n) is 4.48. The zero-order valence-electron chi connectivity index (χ0n) is 12.3. The van der Waals surface area contributed by atoms with Crippen LogP contribution in [0.5, 0.6) is 0 Å². The van der Waals surface area contributed by atoms with Gasteiger partial charge in [-0.05, 0) is 26.0 Å². The number of ether oxygens (including phenoxy) is 1. The molecule has 1 aromatic rings. The van der Waals surface area contributed by atoms with E-state index in [0.717, 1.165) is 0 Å². The van der Waals surface area contributed by atoms with E-state index in [-0.39, 0.29) is 17.2 Å². The second-order valence-corrected chi connectivity index (χ2v) is 4.48. The molecule has 110 valence electrons. The third-order valence-corrected chi connectivity index (χ3v) is 3.10. The van der Waals surface area contributed by atoms with Gasteiger partial charge in [0.25, 0.3) is 0 Å². The fraction of sp³-hybridized carbons (Fsp3) is 0.429. The molecular weight excluding hydrogens is 258 g/mol. The Morgan fingerprint density at radius 1 is 1.45 bits per heavy atom. The summed E-state index contributed by atoms with van der Waals surface area (Å²) in [6.07, 6.45) is 0. The number of hydrogen-bond donors (Lipinski definition) is 2. The third kappa shape index (κ3) is 3.40. The number of hydrogen-bond acceptors (Lipinski definition) is 5. The number of benzene rings is 1. The van der Waals surface area contributed by atoms with Gasteiger partial charge in [-0.25, -0.2) is 4.79 Å². The van der Waals surface area contributed by atoms with Crippen molar-refractivity contribution in [3.63, 3.8) is 0 Å². The van der Waals surface area contributed by atoms with Crippen molar-refractivity contribution in [1.82, 2.24) is 4.90 Å². The maximum Gasteiger partial charge on any atom is 0.340 e. The van der Waals surface area contributed by atoms with Crippen molar-refractivity contribution in [3.8, 4) is 0 Å². The molecule has 0 radical (unpaired) electrons. The molecule has 20 heavy (non-hydrogen) atoms. The van der Waals surface area contributed by atoms with Crippen molar-refractivity contribution < 1.29 is 14.3 Å². The first-order valence-corrected chi connectivity index (χ1v) is 6.40. The van der Waals surface area contributed by atoms with Crippen molar-refractivity contribution in [1.29, 1.82) is 0 Å². The summed E-state index contributed by atoms with van der Waals surface area (Å²) in [7, 11) is 3.03. The van der Waals surface area contributed by atoms with Crippen LogP contribution in [0.3, 0.4) is 0 Å². The summed E-state index contributed by atoms with van der Waals surface area (Å²) in [4.78, 5) is 25.2. The Morgan fingerprint density at radius 3 is 2.65 bits per heavy atom. The van der Waals surface area contributed by atoms with Crippen LogP contribution in [0.25, 0.3) is 0 Å². The summed E-state index contributed by atoms with van der Waals surface area (Å²) in [5.41, 5.74) is 7.02. The largest absolute Gasteiger partial charge is 0.465 e. The Kier molecular flexibility index (Phi) is 5.37. The molecule has 0 aromatic heterocycles. The highest BCUT2D eigenvalue weighted by Gasteiger charge is 2.19. The summed E-state index contributed by atoms with van der Waals surface area (Å²) >= 11 is 0. The van der Waals surface area contributed by atoms with Gasteiger partial charge >= 0.3 is 5.97 Å². The smallest absolute Gasteiger partial charge is 0.340 e. The lowest BCUT2D eigenvalue weighted by Crippen LogP contribution is -2.39. The normalized spacial score (nSPS) is 11.6. The van der Waals surface area contributed by atoms with E-state index < -0.39 is 12.0 Å². The second kappa shape index (κ2) is 6.79. The van der Waals surface area contributed by atoms with Crippen LogP contribution in [0.15, 0.2) is 18.2 Å². The number of rotatable bonds is 5. The van der Waals surface area contributed by atoms with E-state index in [0.29, 0.717) is 12.2 Å². The third-order valence-electron chi connectivity index (χ3n) is 3.10. The average Bonchev–Trinajstić information content (AvgIpc) is 2.46. The van der Waals surface area contributed by atoms with Gasteiger partial charge in [0.05, 0.1) is 24.0 Å². The number of nitrogen functional groups attached to an aromatic ring is 1. The molecule has 0 heterocycles. The van der Waals surface area contributed by atoms with Gasteiger partial charge in [-0.2, -0.15) is 0 Å². The van der Waals surface area contributed by atoms with Crippen molar-refractivity contribution in [3.05, 3.63) is 23.8 Å². The van der Waals surface area contributed by atoms with E-state index in [1.807, 2.05) is 6.92 Å². The molecule has 6 heteroatoms. The highest BCUT2D eigenvalue weighted by atomic mass is 16.5. The zero-order valence-corrected chi connectivity index (χ0v) is 12.3. The van der Waals surface area contributed by atoms with E-state index in [1.165, 1.54) is 7.11 Å². The highest BCUT2D eigenvalue weighted by Crippen LogP contribution is 2.24. The van der Waals surface area contributed by atoms with Crippen molar-refractivity contribution in [2.75, 3.05) is 31.8 Å². The lowest BCUT2D eigenvalue weighted by Gasteiger charge is -2.22. The molecule has 1 atom stereocenters. The maximum absolute atomic E-state index is 12.0. The molecule has 0 saturated heterocycles. The molecule has 3 N–H and O–H groups in total. The molecule has 0 bridgehead atoms. The van der Waals surface area contributed by atoms with Crippen molar-refractivity contribution in [2.45, 2.75) is 19.9 Å². The van der Waals surface area contributed by atoms with Gasteiger partial charge in [0.15, 0.2) is 0 Å². The summed E-state index contributed by atoms with van der Waals surface area (Å²) in [6, 6.07) is 4.55. The Labute approximate surface area is 118 Å². The molecule has 0 aliphatic carbocycles. The van der Waals surface area contributed by atoms with Gasteiger partial charge in [-0.15, -0.1) is 0 Å². The SMILES string of the molecule is CCN(C)C(=O)C(C)Nc1cccc(C(=O)OC)c1N. The molecule has 0 aliphatic rings. The Bertz CT molecular complexity index is 502. The van der Waals surface area contributed by atoms with E-state index in [9.17, 15) is 9.59 Å². The number of methoxy groups -OCH3 is 1. The quantitative estimate of drug-likeness (QED) is 0.627. The van der Waals surface area contributed by atoms with Crippen LogP contribution >= 0.6 is 0 Å². The minimum absolute atomic E-state index is 0.0460. The van der Waals surface area contributed by atoms with Crippen molar-refractivity contribution >= 4 is 23.3 Å². The standard InChI is InChI=1S/C14H21N3O3/c1-5-17(3)13(18)9(2)16-11-8-6-7-10(12(11)15)14(19)20-4/h6-9,16H,5,15H2,1-4H3. The molecule has 0 aliphatic heterocycles. The molecule has 0 fully saturated rings. The summed E-state index contributed by atoms with van der Waals surface area (Å²) in [5, 5.41) is 3.02. The first-order valence-electron chi connectivity index (χ1n) is 6.40. The Balaban J connectivity index is 2.93. The summed E-state index contributed by atoms with van der Waals surface area (Å²) in [6.45, 7) is 4.28. The fourth-order valence-electron chi connectivity index (χ4n) is 1.76. The molecular formula is C14H21N3O3. The van der Waals surface area contributed by atoms with E-state index in [4.69, 9.17) is 5.73 Å². The molecule has 1 rings (SSSR count). The zero-order chi connectivity index (χ0) is 15.3. The first-order chi connectivity index (χ1) is 9.42. The summed E-state index contributed by atoms with van der Waals surface area (Å²) in [5.74, 6) is -0.550. The molecule has 1 aromatic carbocycles. The van der Waals surface area contributed by atoms with Crippen LogP contribution in [0, 0.1) is 0 Å². The topological polar surface area (TPSA) is 84.7 Å².